The number of ether oxygens (including phenoxy) is 2. The van der Waals surface area contributed by atoms with E-state index >= 15 is 0 Å². The van der Waals surface area contributed by atoms with Gasteiger partial charge in [-0.15, -0.1) is 0 Å². The van der Waals surface area contributed by atoms with E-state index in [0.29, 0.717) is 11.1 Å². The van der Waals surface area contributed by atoms with Crippen LogP contribution in [0.5, 0.6) is 0 Å². The smallest absolute Gasteiger partial charge is 0.323 e. The van der Waals surface area contributed by atoms with Crippen molar-refractivity contribution in [1.29, 1.82) is 0 Å². The maximum atomic E-state index is 13.1. The summed E-state index contributed by atoms with van der Waals surface area (Å²) >= 11 is 0. The molecule has 0 radical (unpaired) electrons. The van der Waals surface area contributed by atoms with E-state index < -0.39 is 88.4 Å². The van der Waals surface area contributed by atoms with Gasteiger partial charge in [0.05, 0.1) is 12.2 Å². The third-order valence-electron chi connectivity index (χ3n) is 9.21. The van der Waals surface area contributed by atoms with E-state index in [-0.39, 0.29) is 6.42 Å². The van der Waals surface area contributed by atoms with Crippen molar-refractivity contribution < 1.29 is 39.2 Å². The lowest BCUT2D eigenvalue weighted by Crippen LogP contribution is -2.66. The van der Waals surface area contributed by atoms with Crippen LogP contribution in [0.15, 0.2) is 23.3 Å². The highest BCUT2D eigenvalue weighted by Gasteiger charge is 2.88. The molecule has 4 aliphatic rings. The number of aliphatic hydroxyl groups excluding tert-OH is 1. The van der Waals surface area contributed by atoms with E-state index in [9.17, 15) is 29.7 Å². The number of esters is 2. The fraction of sp³-hybridized carbons (Fsp3) is 0.731. The summed E-state index contributed by atoms with van der Waals surface area (Å²) in [5.74, 6) is -5.23. The monoisotopic (exact) mass is 506 g/mol. The predicted molar refractivity (Wildman–Crippen MR) is 128 cm³/mol. The number of nitrogens with two attached hydrogens (primary N) is 2. The number of hydrogen-bond donors (Lipinski definition) is 5. The third-order valence-corrected chi connectivity index (χ3v) is 9.21. The van der Waals surface area contributed by atoms with Gasteiger partial charge in [-0.1, -0.05) is 32.9 Å². The average Bonchev–Trinajstić information content (AvgIpc) is 3.22. The highest BCUT2D eigenvalue weighted by Crippen LogP contribution is 2.77. The molecule has 0 aromatic carbocycles. The van der Waals surface area contributed by atoms with Crippen molar-refractivity contribution in [1.82, 2.24) is 0 Å². The first-order valence-electron chi connectivity index (χ1n) is 12.4. The zero-order chi connectivity index (χ0) is 27.2. The van der Waals surface area contributed by atoms with Crippen molar-refractivity contribution in [2.24, 2.45) is 40.6 Å². The van der Waals surface area contributed by atoms with Gasteiger partial charge in [0.25, 0.3) is 0 Å². The van der Waals surface area contributed by atoms with Crippen LogP contribution in [0.2, 0.25) is 0 Å². The zero-order valence-electron chi connectivity index (χ0n) is 21.6. The van der Waals surface area contributed by atoms with Gasteiger partial charge >= 0.3 is 11.9 Å². The SMILES string of the molecule is CC1=C[C@H]2[C@@]3(O)[C@H](C)[C@@H](OC(=O)[C@H](C)N)[C@]4(OC(=O)[C@H](C)N)[C@@H]([C@@H]3C=C(CO)C[C@@]2(O)C1=O)C4(C)C. The number of fused-ring (bicyclic) bond motifs is 5. The molecule has 2 fully saturated rings. The summed E-state index contributed by atoms with van der Waals surface area (Å²) < 4.78 is 11.9. The first-order chi connectivity index (χ1) is 16.5. The molecule has 0 aliphatic heterocycles. The minimum Gasteiger partial charge on any atom is -0.457 e. The molecule has 0 spiro atoms. The number of hydrogen-bond acceptors (Lipinski definition) is 10. The Hall–Kier alpha value is -2.11. The lowest BCUT2D eigenvalue weighted by Gasteiger charge is -2.53. The fourth-order valence-electron chi connectivity index (χ4n) is 7.32. The van der Waals surface area contributed by atoms with Crippen LogP contribution >= 0.6 is 0 Å². The molecule has 0 heterocycles. The van der Waals surface area contributed by atoms with Gasteiger partial charge in [0.15, 0.2) is 11.4 Å². The molecule has 200 valence electrons. The lowest BCUT2D eigenvalue weighted by atomic mass is 9.59. The Labute approximate surface area is 210 Å². The molecule has 0 aromatic heterocycles. The molecule has 0 bridgehead atoms. The van der Waals surface area contributed by atoms with Crippen LogP contribution in [-0.4, -0.2) is 74.6 Å². The van der Waals surface area contributed by atoms with E-state index in [1.54, 1.807) is 26.0 Å². The van der Waals surface area contributed by atoms with Gasteiger partial charge in [0, 0.05) is 35.5 Å². The summed E-state index contributed by atoms with van der Waals surface area (Å²) in [7, 11) is 0. The molecule has 0 unspecified atom stereocenters. The van der Waals surface area contributed by atoms with Crippen molar-refractivity contribution in [3.8, 4) is 0 Å². The van der Waals surface area contributed by atoms with Crippen LogP contribution in [0.4, 0.5) is 0 Å². The number of aliphatic hydroxyl groups is 3. The van der Waals surface area contributed by atoms with E-state index in [1.807, 2.05) is 13.8 Å². The normalized spacial score (nSPS) is 44.1. The molecule has 10 atom stereocenters. The van der Waals surface area contributed by atoms with Crippen molar-refractivity contribution in [2.45, 2.75) is 83.0 Å². The quantitative estimate of drug-likeness (QED) is 0.246. The highest BCUT2D eigenvalue weighted by atomic mass is 16.6. The van der Waals surface area contributed by atoms with Crippen LogP contribution in [0, 0.1) is 29.1 Å². The maximum Gasteiger partial charge on any atom is 0.323 e. The second-order valence-corrected chi connectivity index (χ2v) is 11.8. The maximum absolute atomic E-state index is 13.1. The summed E-state index contributed by atoms with van der Waals surface area (Å²) in [5, 5.41) is 34.4. The van der Waals surface area contributed by atoms with Crippen LogP contribution in [0.3, 0.4) is 0 Å². The minimum atomic E-state index is -1.98. The summed E-state index contributed by atoms with van der Waals surface area (Å²) in [6, 6.07) is -1.92. The Morgan fingerprint density at radius 3 is 2.25 bits per heavy atom. The first kappa shape index (κ1) is 26.9. The molecule has 0 saturated heterocycles. The topological polar surface area (TPSA) is 182 Å². The molecule has 0 amide bonds. The molecule has 7 N–H and O–H groups in total. The van der Waals surface area contributed by atoms with Crippen molar-refractivity contribution in [3.63, 3.8) is 0 Å². The summed E-state index contributed by atoms with van der Waals surface area (Å²) in [5.41, 5.74) is 6.40. The van der Waals surface area contributed by atoms with Crippen LogP contribution in [0.1, 0.15) is 48.0 Å². The van der Waals surface area contributed by atoms with E-state index in [2.05, 4.69) is 0 Å². The summed E-state index contributed by atoms with van der Waals surface area (Å²) in [6.07, 6.45) is 1.97. The van der Waals surface area contributed by atoms with Crippen LogP contribution in [0.25, 0.3) is 0 Å². The standard InChI is InChI=1S/C26H38N2O8/c1-11-7-17-24(33,19(11)30)9-15(10-29)8-16-18-23(5,6)26(18,36-22(32)14(4)28)20(12(2)25(16,17)34)35-21(31)13(3)27/h7-8,12-14,16-18,20,29,33-34H,9-10,27-28H2,1-6H3/t12-,13+,14+,16+,17-,18+,20-,24+,25-,26-/m1/s1. The lowest BCUT2D eigenvalue weighted by molar-refractivity contribution is -0.229. The van der Waals surface area contributed by atoms with Gasteiger partial charge in [-0.2, -0.15) is 0 Å². The average molecular weight is 507 g/mol. The molecular formula is C26H38N2O8. The molecule has 0 aromatic rings. The second kappa shape index (κ2) is 8.19. The number of Topliss-reactive ketones (excluding diaryl/α,β-unsaturated/α-hetero) is 1. The Morgan fingerprint density at radius 2 is 1.72 bits per heavy atom. The molecule has 10 nitrogen and oxygen atoms in total. The Bertz CT molecular complexity index is 1060. The highest BCUT2D eigenvalue weighted by molar-refractivity contribution is 6.04. The van der Waals surface area contributed by atoms with Gasteiger partial charge in [-0.05, 0) is 31.9 Å². The first-order valence-corrected chi connectivity index (χ1v) is 12.4. The van der Waals surface area contributed by atoms with E-state index in [4.69, 9.17) is 20.9 Å². The number of carbonyl (C=O) groups is 3. The van der Waals surface area contributed by atoms with Gasteiger partial charge in [-0.3, -0.25) is 14.4 Å². The molecule has 2 saturated carbocycles. The van der Waals surface area contributed by atoms with Crippen molar-refractivity contribution in [3.05, 3.63) is 23.3 Å². The predicted octanol–water partition coefficient (Wildman–Crippen LogP) is -0.274. The zero-order valence-corrected chi connectivity index (χ0v) is 21.6. The van der Waals surface area contributed by atoms with Gasteiger partial charge < -0.3 is 36.3 Å². The van der Waals surface area contributed by atoms with Gasteiger partial charge in [-0.25, -0.2) is 0 Å². The summed E-state index contributed by atoms with van der Waals surface area (Å²) in [4.78, 5) is 38.7. The van der Waals surface area contributed by atoms with E-state index in [0.717, 1.165) is 0 Å². The Kier molecular flexibility index (Phi) is 6.13. The molecular weight excluding hydrogens is 468 g/mol. The van der Waals surface area contributed by atoms with Crippen molar-refractivity contribution >= 4 is 17.7 Å². The van der Waals surface area contributed by atoms with Crippen molar-refractivity contribution in [2.75, 3.05) is 6.61 Å². The number of carbonyl (C=O) groups excluding carboxylic acids is 3. The Morgan fingerprint density at radius 1 is 1.14 bits per heavy atom. The van der Waals surface area contributed by atoms with Crippen LogP contribution in [-0.2, 0) is 23.9 Å². The minimum absolute atomic E-state index is 0.156. The second-order valence-electron chi connectivity index (χ2n) is 11.8. The fourth-order valence-corrected chi connectivity index (χ4v) is 7.32. The number of rotatable bonds is 5. The van der Waals surface area contributed by atoms with Gasteiger partial charge in [0.1, 0.15) is 23.8 Å². The Balaban J connectivity index is 1.95. The molecule has 4 rings (SSSR count). The molecule has 36 heavy (non-hydrogen) atoms. The summed E-state index contributed by atoms with van der Waals surface area (Å²) in [6.45, 7) is 9.46. The largest absolute Gasteiger partial charge is 0.457 e. The number of ketones is 1. The van der Waals surface area contributed by atoms with Crippen LogP contribution < -0.4 is 11.5 Å². The van der Waals surface area contributed by atoms with Gasteiger partial charge in [0.2, 0.25) is 0 Å². The molecule has 10 heteroatoms. The van der Waals surface area contributed by atoms with E-state index in [1.165, 1.54) is 13.8 Å². The third kappa shape index (κ3) is 3.24. The molecule has 4 aliphatic carbocycles.